The molecule has 2 aromatic rings. The summed E-state index contributed by atoms with van der Waals surface area (Å²) in [6.45, 7) is 9.29. The second kappa shape index (κ2) is 5.51. The Morgan fingerprint density at radius 1 is 1.16 bits per heavy atom. The highest BCUT2D eigenvalue weighted by Crippen LogP contribution is 2.27. The Balaban J connectivity index is 2.16. The van der Waals surface area contributed by atoms with Crippen LogP contribution in [0.4, 0.5) is 0 Å². The SMILES string of the molecule is Cc1cc(Br)ccc1-c1ccc(CNC(C)(C)C)o1. The fourth-order valence-corrected chi connectivity index (χ4v) is 2.35. The average Bonchev–Trinajstić information content (AvgIpc) is 2.74. The van der Waals surface area contributed by atoms with E-state index in [0.717, 1.165) is 28.1 Å². The van der Waals surface area contributed by atoms with Gasteiger partial charge in [0.05, 0.1) is 6.54 Å². The minimum absolute atomic E-state index is 0.0977. The maximum Gasteiger partial charge on any atom is 0.134 e. The van der Waals surface area contributed by atoms with Crippen molar-refractivity contribution in [1.82, 2.24) is 5.32 Å². The van der Waals surface area contributed by atoms with Crippen LogP contribution in [0.15, 0.2) is 39.2 Å². The van der Waals surface area contributed by atoms with Gasteiger partial charge in [-0.25, -0.2) is 0 Å². The first-order chi connectivity index (χ1) is 8.85. The van der Waals surface area contributed by atoms with Crippen molar-refractivity contribution in [3.05, 3.63) is 46.1 Å². The second-order valence-electron chi connectivity index (χ2n) is 5.83. The zero-order chi connectivity index (χ0) is 14.0. The Morgan fingerprint density at radius 3 is 2.53 bits per heavy atom. The quantitative estimate of drug-likeness (QED) is 0.869. The van der Waals surface area contributed by atoms with Crippen LogP contribution < -0.4 is 5.32 Å². The fourth-order valence-electron chi connectivity index (χ4n) is 1.87. The lowest BCUT2D eigenvalue weighted by atomic mass is 10.1. The number of benzene rings is 1. The van der Waals surface area contributed by atoms with Crippen molar-refractivity contribution in [2.75, 3.05) is 0 Å². The van der Waals surface area contributed by atoms with E-state index in [1.54, 1.807) is 0 Å². The Morgan fingerprint density at radius 2 is 1.89 bits per heavy atom. The van der Waals surface area contributed by atoms with E-state index >= 15 is 0 Å². The van der Waals surface area contributed by atoms with Gasteiger partial charge in [0.15, 0.2) is 0 Å². The van der Waals surface area contributed by atoms with Gasteiger partial charge in [0.2, 0.25) is 0 Å². The monoisotopic (exact) mass is 321 g/mol. The summed E-state index contributed by atoms with van der Waals surface area (Å²) in [4.78, 5) is 0. The molecule has 1 aromatic heterocycles. The number of aryl methyl sites for hydroxylation is 1. The Kier molecular flexibility index (Phi) is 4.16. The van der Waals surface area contributed by atoms with E-state index in [9.17, 15) is 0 Å². The molecule has 0 bridgehead atoms. The molecule has 3 heteroatoms. The van der Waals surface area contributed by atoms with Gasteiger partial charge in [-0.05, 0) is 63.6 Å². The van der Waals surface area contributed by atoms with Crippen LogP contribution in [0.5, 0.6) is 0 Å². The van der Waals surface area contributed by atoms with Crippen molar-refractivity contribution in [3.63, 3.8) is 0 Å². The summed E-state index contributed by atoms with van der Waals surface area (Å²) < 4.78 is 7.00. The van der Waals surface area contributed by atoms with Crippen LogP contribution in [-0.4, -0.2) is 5.54 Å². The van der Waals surface area contributed by atoms with Crippen molar-refractivity contribution in [1.29, 1.82) is 0 Å². The molecule has 102 valence electrons. The summed E-state index contributed by atoms with van der Waals surface area (Å²) in [5.74, 6) is 1.89. The molecule has 0 saturated heterocycles. The summed E-state index contributed by atoms with van der Waals surface area (Å²) in [6.07, 6.45) is 0. The van der Waals surface area contributed by atoms with Gasteiger partial charge in [0.25, 0.3) is 0 Å². The van der Waals surface area contributed by atoms with E-state index in [1.165, 1.54) is 5.56 Å². The molecule has 1 heterocycles. The van der Waals surface area contributed by atoms with Gasteiger partial charge in [0.1, 0.15) is 11.5 Å². The molecule has 0 atom stereocenters. The van der Waals surface area contributed by atoms with E-state index in [4.69, 9.17) is 4.42 Å². The van der Waals surface area contributed by atoms with Crippen LogP contribution in [0.3, 0.4) is 0 Å². The summed E-state index contributed by atoms with van der Waals surface area (Å²) in [7, 11) is 0. The normalized spacial score (nSPS) is 11.8. The number of furan rings is 1. The van der Waals surface area contributed by atoms with Crippen molar-refractivity contribution in [3.8, 4) is 11.3 Å². The Labute approximate surface area is 123 Å². The maximum absolute atomic E-state index is 5.91. The first-order valence-corrected chi connectivity index (χ1v) is 7.25. The zero-order valence-electron chi connectivity index (χ0n) is 11.9. The summed E-state index contributed by atoms with van der Waals surface area (Å²) in [5.41, 5.74) is 2.45. The number of halogens is 1. The standard InChI is InChI=1S/C16H20BrNO/c1-11-9-12(17)5-7-14(11)15-8-6-13(19-15)10-18-16(2,3)4/h5-9,18H,10H2,1-4H3. The van der Waals surface area contributed by atoms with Gasteiger partial charge in [-0.15, -0.1) is 0 Å². The molecule has 1 aromatic carbocycles. The van der Waals surface area contributed by atoms with Crippen molar-refractivity contribution in [2.24, 2.45) is 0 Å². The first-order valence-electron chi connectivity index (χ1n) is 6.45. The Bertz CT molecular complexity index is 566. The minimum Gasteiger partial charge on any atom is -0.460 e. The molecule has 1 N–H and O–H groups in total. The molecule has 0 aliphatic rings. The van der Waals surface area contributed by atoms with Crippen LogP contribution in [0.25, 0.3) is 11.3 Å². The first kappa shape index (κ1) is 14.4. The van der Waals surface area contributed by atoms with Crippen LogP contribution in [-0.2, 0) is 6.54 Å². The lowest BCUT2D eigenvalue weighted by Crippen LogP contribution is -2.34. The van der Waals surface area contributed by atoms with E-state index in [-0.39, 0.29) is 5.54 Å². The third kappa shape index (κ3) is 3.95. The molecule has 0 amide bonds. The van der Waals surface area contributed by atoms with E-state index in [2.05, 4.69) is 61.1 Å². The molecule has 0 saturated carbocycles. The van der Waals surface area contributed by atoms with Gasteiger partial charge < -0.3 is 9.73 Å². The summed E-state index contributed by atoms with van der Waals surface area (Å²) >= 11 is 3.48. The van der Waals surface area contributed by atoms with Crippen LogP contribution in [0.2, 0.25) is 0 Å². The molecular weight excluding hydrogens is 302 g/mol. The van der Waals surface area contributed by atoms with Crippen LogP contribution >= 0.6 is 15.9 Å². The smallest absolute Gasteiger partial charge is 0.134 e. The van der Waals surface area contributed by atoms with Crippen LogP contribution in [0, 0.1) is 6.92 Å². The largest absolute Gasteiger partial charge is 0.460 e. The van der Waals surface area contributed by atoms with Crippen LogP contribution in [0.1, 0.15) is 32.1 Å². The van der Waals surface area contributed by atoms with Gasteiger partial charge >= 0.3 is 0 Å². The number of hydrogen-bond donors (Lipinski definition) is 1. The Hall–Kier alpha value is -1.06. The molecule has 2 rings (SSSR count). The molecule has 0 aliphatic carbocycles. The third-order valence-electron chi connectivity index (χ3n) is 2.91. The molecular formula is C16H20BrNO. The number of hydrogen-bond acceptors (Lipinski definition) is 2. The van der Waals surface area contributed by atoms with E-state index in [1.807, 2.05) is 18.2 Å². The molecule has 0 aliphatic heterocycles. The number of rotatable bonds is 3. The molecule has 0 spiro atoms. The topological polar surface area (TPSA) is 25.2 Å². The predicted octanol–water partition coefficient (Wildman–Crippen LogP) is 4.91. The zero-order valence-corrected chi connectivity index (χ0v) is 13.5. The highest BCUT2D eigenvalue weighted by atomic mass is 79.9. The highest BCUT2D eigenvalue weighted by Gasteiger charge is 2.11. The second-order valence-corrected chi connectivity index (χ2v) is 6.74. The van der Waals surface area contributed by atoms with Crippen molar-refractivity contribution in [2.45, 2.75) is 39.8 Å². The van der Waals surface area contributed by atoms with Gasteiger partial charge in [-0.2, -0.15) is 0 Å². The third-order valence-corrected chi connectivity index (χ3v) is 3.40. The lowest BCUT2D eigenvalue weighted by molar-refractivity contribution is 0.391. The van der Waals surface area contributed by atoms with Crippen molar-refractivity contribution < 1.29 is 4.42 Å². The van der Waals surface area contributed by atoms with Gasteiger partial charge in [-0.3, -0.25) is 0 Å². The maximum atomic E-state index is 5.91. The predicted molar refractivity (Wildman–Crippen MR) is 83.2 cm³/mol. The highest BCUT2D eigenvalue weighted by molar-refractivity contribution is 9.10. The molecule has 0 radical (unpaired) electrons. The fraction of sp³-hybridized carbons (Fsp3) is 0.375. The lowest BCUT2D eigenvalue weighted by Gasteiger charge is -2.19. The minimum atomic E-state index is 0.0977. The van der Waals surface area contributed by atoms with E-state index in [0.29, 0.717) is 0 Å². The van der Waals surface area contributed by atoms with Gasteiger partial charge in [0, 0.05) is 15.6 Å². The molecule has 19 heavy (non-hydrogen) atoms. The van der Waals surface area contributed by atoms with Crippen molar-refractivity contribution >= 4 is 15.9 Å². The van der Waals surface area contributed by atoms with E-state index < -0.39 is 0 Å². The molecule has 0 fully saturated rings. The summed E-state index contributed by atoms with van der Waals surface area (Å²) in [6, 6.07) is 10.3. The molecule has 2 nitrogen and oxygen atoms in total. The average molecular weight is 322 g/mol. The summed E-state index contributed by atoms with van der Waals surface area (Å²) in [5, 5.41) is 3.43. The molecule has 0 unspecified atom stereocenters. The van der Waals surface area contributed by atoms with Gasteiger partial charge in [-0.1, -0.05) is 15.9 Å². The number of nitrogens with one attached hydrogen (secondary N) is 1.